The highest BCUT2D eigenvalue weighted by molar-refractivity contribution is 5.78. The Hall–Kier alpha value is -1.14. The zero-order valence-corrected chi connectivity index (χ0v) is 13.4. The van der Waals surface area contributed by atoms with E-state index in [4.69, 9.17) is 5.11 Å². The molecule has 2 aliphatic heterocycles. The molecule has 0 aliphatic carbocycles. The molecule has 6 heteroatoms. The van der Waals surface area contributed by atoms with Crippen molar-refractivity contribution in [3.8, 4) is 0 Å². The summed E-state index contributed by atoms with van der Waals surface area (Å²) in [7, 11) is 0. The summed E-state index contributed by atoms with van der Waals surface area (Å²) >= 11 is 0. The van der Waals surface area contributed by atoms with Gasteiger partial charge in [0.25, 0.3) is 0 Å². The SMILES string of the molecule is O=C(CN1CCCCCC1)NCC1CCCN(C(=O)CO)C1. The number of piperidine rings is 1. The van der Waals surface area contributed by atoms with E-state index in [1.165, 1.54) is 25.7 Å². The lowest BCUT2D eigenvalue weighted by Gasteiger charge is -2.32. The van der Waals surface area contributed by atoms with Gasteiger partial charge >= 0.3 is 0 Å². The number of nitrogens with zero attached hydrogens (tertiary/aromatic N) is 2. The molecule has 0 radical (unpaired) electrons. The first-order valence-electron chi connectivity index (χ1n) is 8.56. The molecule has 22 heavy (non-hydrogen) atoms. The van der Waals surface area contributed by atoms with E-state index in [9.17, 15) is 9.59 Å². The number of likely N-dealkylation sites (tertiary alicyclic amines) is 2. The first kappa shape index (κ1) is 17.2. The van der Waals surface area contributed by atoms with Crippen molar-refractivity contribution >= 4 is 11.8 Å². The molecule has 0 spiro atoms. The van der Waals surface area contributed by atoms with Gasteiger partial charge in [0.1, 0.15) is 6.61 Å². The number of hydrogen-bond donors (Lipinski definition) is 2. The number of nitrogens with one attached hydrogen (secondary N) is 1. The van der Waals surface area contributed by atoms with E-state index < -0.39 is 6.61 Å². The zero-order chi connectivity index (χ0) is 15.8. The van der Waals surface area contributed by atoms with Gasteiger partial charge in [-0.1, -0.05) is 12.8 Å². The molecule has 0 bridgehead atoms. The van der Waals surface area contributed by atoms with Gasteiger partial charge in [0.2, 0.25) is 11.8 Å². The van der Waals surface area contributed by atoms with Crippen molar-refractivity contribution in [2.24, 2.45) is 5.92 Å². The Morgan fingerprint density at radius 3 is 2.45 bits per heavy atom. The fraction of sp³-hybridized carbons (Fsp3) is 0.875. The molecule has 2 heterocycles. The number of carbonyl (C=O) groups excluding carboxylic acids is 2. The number of aliphatic hydroxyl groups excluding tert-OH is 1. The molecular formula is C16H29N3O3. The first-order chi connectivity index (χ1) is 10.7. The Morgan fingerprint density at radius 2 is 1.77 bits per heavy atom. The Bertz CT molecular complexity index is 368. The Balaban J connectivity index is 1.68. The molecule has 1 atom stereocenters. The molecule has 0 aromatic rings. The average Bonchev–Trinajstić information content (AvgIpc) is 2.81. The Morgan fingerprint density at radius 1 is 1.05 bits per heavy atom. The molecule has 0 aromatic carbocycles. The van der Waals surface area contributed by atoms with Crippen LogP contribution in [0.15, 0.2) is 0 Å². The Kier molecular flexibility index (Phi) is 7.12. The van der Waals surface area contributed by atoms with E-state index >= 15 is 0 Å². The van der Waals surface area contributed by atoms with Crippen LogP contribution in [0.3, 0.4) is 0 Å². The largest absolute Gasteiger partial charge is 0.387 e. The van der Waals surface area contributed by atoms with Crippen LogP contribution in [0.25, 0.3) is 0 Å². The fourth-order valence-corrected chi connectivity index (χ4v) is 3.37. The predicted molar refractivity (Wildman–Crippen MR) is 84.3 cm³/mol. The molecule has 2 saturated heterocycles. The van der Waals surface area contributed by atoms with Gasteiger partial charge < -0.3 is 15.3 Å². The van der Waals surface area contributed by atoms with E-state index in [0.717, 1.165) is 32.5 Å². The second-order valence-electron chi connectivity index (χ2n) is 6.50. The standard InChI is InChI=1S/C16H29N3O3/c20-13-16(22)19-9-5-6-14(11-19)10-17-15(21)12-18-7-3-1-2-4-8-18/h14,20H,1-13H2,(H,17,21). The smallest absolute Gasteiger partial charge is 0.248 e. The topological polar surface area (TPSA) is 72.9 Å². The second-order valence-corrected chi connectivity index (χ2v) is 6.50. The molecule has 2 rings (SSSR count). The summed E-state index contributed by atoms with van der Waals surface area (Å²) in [5.41, 5.74) is 0. The minimum absolute atomic E-state index is 0.0903. The summed E-state index contributed by atoms with van der Waals surface area (Å²) in [6.07, 6.45) is 6.89. The maximum absolute atomic E-state index is 12.1. The van der Waals surface area contributed by atoms with Crippen LogP contribution in [0.1, 0.15) is 38.5 Å². The molecule has 2 fully saturated rings. The summed E-state index contributed by atoms with van der Waals surface area (Å²) in [6, 6.07) is 0. The molecule has 2 aliphatic rings. The van der Waals surface area contributed by atoms with Crippen molar-refractivity contribution in [2.75, 3.05) is 45.9 Å². The lowest BCUT2D eigenvalue weighted by atomic mass is 9.98. The van der Waals surface area contributed by atoms with Gasteiger partial charge in [-0.15, -0.1) is 0 Å². The third-order valence-corrected chi connectivity index (χ3v) is 4.66. The molecule has 2 amide bonds. The van der Waals surface area contributed by atoms with E-state index in [2.05, 4.69) is 10.2 Å². The molecule has 0 aromatic heterocycles. The van der Waals surface area contributed by atoms with Gasteiger partial charge in [-0.05, 0) is 44.7 Å². The highest BCUT2D eigenvalue weighted by Gasteiger charge is 2.23. The Labute approximate surface area is 132 Å². The monoisotopic (exact) mass is 311 g/mol. The van der Waals surface area contributed by atoms with Crippen molar-refractivity contribution in [2.45, 2.75) is 38.5 Å². The van der Waals surface area contributed by atoms with Crippen molar-refractivity contribution in [1.82, 2.24) is 15.1 Å². The van der Waals surface area contributed by atoms with Crippen LogP contribution in [0, 0.1) is 5.92 Å². The van der Waals surface area contributed by atoms with E-state index in [-0.39, 0.29) is 11.8 Å². The van der Waals surface area contributed by atoms with Crippen LogP contribution in [0.5, 0.6) is 0 Å². The highest BCUT2D eigenvalue weighted by Crippen LogP contribution is 2.15. The summed E-state index contributed by atoms with van der Waals surface area (Å²) in [5, 5.41) is 11.9. The number of aliphatic hydroxyl groups is 1. The molecule has 126 valence electrons. The van der Waals surface area contributed by atoms with Gasteiger partial charge in [-0.25, -0.2) is 0 Å². The summed E-state index contributed by atoms with van der Waals surface area (Å²) in [4.78, 5) is 27.5. The molecule has 6 nitrogen and oxygen atoms in total. The summed E-state index contributed by atoms with van der Waals surface area (Å²) in [6.45, 7) is 4.11. The maximum Gasteiger partial charge on any atom is 0.248 e. The predicted octanol–water partition coefficient (Wildman–Crippen LogP) is 0.210. The highest BCUT2D eigenvalue weighted by atomic mass is 16.3. The van der Waals surface area contributed by atoms with Gasteiger partial charge in [-0.3, -0.25) is 14.5 Å². The second kappa shape index (κ2) is 9.10. The zero-order valence-electron chi connectivity index (χ0n) is 13.4. The van der Waals surface area contributed by atoms with E-state index in [0.29, 0.717) is 25.6 Å². The first-order valence-corrected chi connectivity index (χ1v) is 8.56. The molecule has 0 saturated carbocycles. The van der Waals surface area contributed by atoms with Crippen molar-refractivity contribution in [1.29, 1.82) is 0 Å². The number of amides is 2. The average molecular weight is 311 g/mol. The van der Waals surface area contributed by atoms with Gasteiger partial charge in [-0.2, -0.15) is 0 Å². The number of hydrogen-bond acceptors (Lipinski definition) is 4. The summed E-state index contributed by atoms with van der Waals surface area (Å²) in [5.74, 6) is 0.186. The third kappa shape index (κ3) is 5.57. The van der Waals surface area contributed by atoms with Crippen LogP contribution < -0.4 is 5.32 Å². The maximum atomic E-state index is 12.1. The van der Waals surface area contributed by atoms with Crippen LogP contribution in [0.2, 0.25) is 0 Å². The fourth-order valence-electron chi connectivity index (χ4n) is 3.37. The lowest BCUT2D eigenvalue weighted by Crippen LogP contribution is -2.46. The quantitative estimate of drug-likeness (QED) is 0.761. The lowest BCUT2D eigenvalue weighted by molar-refractivity contribution is -0.135. The molecule has 1 unspecified atom stereocenters. The van der Waals surface area contributed by atoms with Gasteiger partial charge in [0.15, 0.2) is 0 Å². The minimum atomic E-state index is -0.423. The van der Waals surface area contributed by atoms with E-state index in [1.54, 1.807) is 4.90 Å². The van der Waals surface area contributed by atoms with Crippen molar-refractivity contribution < 1.29 is 14.7 Å². The third-order valence-electron chi connectivity index (χ3n) is 4.66. The van der Waals surface area contributed by atoms with Crippen LogP contribution >= 0.6 is 0 Å². The summed E-state index contributed by atoms with van der Waals surface area (Å²) < 4.78 is 0. The van der Waals surface area contributed by atoms with Gasteiger partial charge in [0, 0.05) is 19.6 Å². The minimum Gasteiger partial charge on any atom is -0.387 e. The molecular weight excluding hydrogens is 282 g/mol. The van der Waals surface area contributed by atoms with Crippen LogP contribution in [-0.2, 0) is 9.59 Å². The molecule has 2 N–H and O–H groups in total. The number of carbonyl (C=O) groups is 2. The van der Waals surface area contributed by atoms with Crippen molar-refractivity contribution in [3.05, 3.63) is 0 Å². The number of rotatable bonds is 5. The van der Waals surface area contributed by atoms with E-state index in [1.807, 2.05) is 0 Å². The van der Waals surface area contributed by atoms with Crippen molar-refractivity contribution in [3.63, 3.8) is 0 Å². The van der Waals surface area contributed by atoms with Gasteiger partial charge in [0.05, 0.1) is 6.54 Å². The van der Waals surface area contributed by atoms with Crippen LogP contribution in [-0.4, -0.2) is 72.6 Å². The van der Waals surface area contributed by atoms with Crippen LogP contribution in [0.4, 0.5) is 0 Å². The normalized spacial score (nSPS) is 23.9.